The number of rotatable bonds is 3. The van der Waals surface area contributed by atoms with E-state index in [1.807, 2.05) is 18.3 Å². The number of pyridine rings is 2. The summed E-state index contributed by atoms with van der Waals surface area (Å²) in [5, 5.41) is 1.28. The Hall–Kier alpha value is -2.14. The van der Waals surface area contributed by atoms with Crippen LogP contribution in [0.4, 0.5) is 11.4 Å². The molecule has 5 heteroatoms. The number of benzene rings is 1. The molecule has 4 heterocycles. The van der Waals surface area contributed by atoms with E-state index in [0.29, 0.717) is 0 Å². The first-order chi connectivity index (χ1) is 13.9. The Balaban J connectivity index is 0.00000205. The predicted molar refractivity (Wildman–Crippen MR) is 127 cm³/mol. The van der Waals surface area contributed by atoms with Crippen LogP contribution in [0, 0.1) is 0 Å². The number of piperidine rings is 2. The van der Waals surface area contributed by atoms with Gasteiger partial charge in [0, 0.05) is 49.1 Å². The van der Waals surface area contributed by atoms with E-state index >= 15 is 0 Å². The molecule has 0 radical (unpaired) electrons. The summed E-state index contributed by atoms with van der Waals surface area (Å²) in [5.74, 6) is 0. The molecule has 0 amide bonds. The van der Waals surface area contributed by atoms with Gasteiger partial charge in [-0.05, 0) is 74.9 Å². The number of aromatic nitrogens is 2. The molecular formula is C24H29BrN4. The molecule has 0 bridgehead atoms. The van der Waals surface area contributed by atoms with E-state index in [-0.39, 0.29) is 17.0 Å². The lowest BCUT2D eigenvalue weighted by Gasteiger charge is -2.32. The van der Waals surface area contributed by atoms with Crippen LogP contribution >= 0.6 is 17.0 Å². The minimum Gasteiger partial charge on any atom is -0.372 e. The standard InChI is InChI=1S/C24H28N4.BrH/c1-5-13-27(14-6-1)19-10-11-21-20(17-19)24(28-15-7-2-8-16-28)18-23(26-21)22-9-3-4-12-25-22;/h3-4,9-12,17-18H,1-2,5-8,13-16H2;1H. The fraction of sp³-hybridized carbons (Fsp3) is 0.417. The van der Waals surface area contributed by atoms with Gasteiger partial charge in [0.1, 0.15) is 0 Å². The minimum atomic E-state index is 0. The molecule has 0 atom stereocenters. The fourth-order valence-electron chi connectivity index (χ4n) is 4.59. The summed E-state index contributed by atoms with van der Waals surface area (Å²) < 4.78 is 0. The van der Waals surface area contributed by atoms with Gasteiger partial charge in [-0.2, -0.15) is 0 Å². The predicted octanol–water partition coefficient (Wildman–Crippen LogP) is 5.86. The van der Waals surface area contributed by atoms with Crippen molar-refractivity contribution in [1.29, 1.82) is 0 Å². The first kappa shape index (κ1) is 20.1. The highest BCUT2D eigenvalue weighted by atomic mass is 79.9. The number of hydrogen-bond donors (Lipinski definition) is 0. The summed E-state index contributed by atoms with van der Waals surface area (Å²) in [4.78, 5) is 14.6. The Morgan fingerprint density at radius 2 is 1.41 bits per heavy atom. The van der Waals surface area contributed by atoms with Crippen molar-refractivity contribution in [2.24, 2.45) is 0 Å². The van der Waals surface area contributed by atoms with E-state index < -0.39 is 0 Å². The molecule has 2 aromatic heterocycles. The van der Waals surface area contributed by atoms with Gasteiger partial charge >= 0.3 is 0 Å². The average molecular weight is 453 g/mol. The normalized spacial score (nSPS) is 17.2. The Morgan fingerprint density at radius 3 is 2.10 bits per heavy atom. The quantitative estimate of drug-likeness (QED) is 0.498. The summed E-state index contributed by atoms with van der Waals surface area (Å²) in [5.41, 5.74) is 5.66. The van der Waals surface area contributed by atoms with Gasteiger partial charge in [0.2, 0.25) is 0 Å². The van der Waals surface area contributed by atoms with E-state index in [4.69, 9.17) is 4.98 Å². The molecule has 4 nitrogen and oxygen atoms in total. The average Bonchev–Trinajstić information content (AvgIpc) is 2.80. The van der Waals surface area contributed by atoms with Crippen LogP contribution in [0.15, 0.2) is 48.7 Å². The SMILES string of the molecule is Br.c1ccc(-c2cc(N3CCCCC3)c3cc(N4CCCCC4)ccc3n2)nc1. The van der Waals surface area contributed by atoms with Crippen molar-refractivity contribution >= 4 is 39.3 Å². The molecule has 2 saturated heterocycles. The molecule has 29 heavy (non-hydrogen) atoms. The Labute approximate surface area is 183 Å². The minimum absolute atomic E-state index is 0. The van der Waals surface area contributed by atoms with Crippen LogP contribution in [0.2, 0.25) is 0 Å². The second-order valence-electron chi connectivity index (χ2n) is 8.04. The third-order valence-corrected chi connectivity index (χ3v) is 6.12. The maximum atomic E-state index is 4.98. The molecule has 3 aromatic rings. The highest BCUT2D eigenvalue weighted by Crippen LogP contribution is 2.34. The monoisotopic (exact) mass is 452 g/mol. The van der Waals surface area contributed by atoms with E-state index in [1.54, 1.807) is 0 Å². The Kier molecular flexibility index (Phi) is 6.34. The van der Waals surface area contributed by atoms with Crippen molar-refractivity contribution in [2.45, 2.75) is 38.5 Å². The number of halogens is 1. The molecule has 1 aromatic carbocycles. The summed E-state index contributed by atoms with van der Waals surface area (Å²) >= 11 is 0. The van der Waals surface area contributed by atoms with Gasteiger partial charge in [0.15, 0.2) is 0 Å². The van der Waals surface area contributed by atoms with Crippen LogP contribution < -0.4 is 9.80 Å². The van der Waals surface area contributed by atoms with Crippen LogP contribution in [-0.2, 0) is 0 Å². The lowest BCUT2D eigenvalue weighted by atomic mass is 10.0. The van der Waals surface area contributed by atoms with Gasteiger partial charge in [0.25, 0.3) is 0 Å². The number of nitrogens with zero attached hydrogens (tertiary/aromatic N) is 4. The molecule has 2 aliphatic rings. The zero-order chi connectivity index (χ0) is 18.8. The van der Waals surface area contributed by atoms with Crippen LogP contribution in [0.5, 0.6) is 0 Å². The molecule has 152 valence electrons. The highest BCUT2D eigenvalue weighted by molar-refractivity contribution is 8.93. The maximum Gasteiger partial charge on any atom is 0.0914 e. The van der Waals surface area contributed by atoms with Crippen molar-refractivity contribution in [3.63, 3.8) is 0 Å². The highest BCUT2D eigenvalue weighted by Gasteiger charge is 2.18. The van der Waals surface area contributed by atoms with Crippen molar-refractivity contribution < 1.29 is 0 Å². The topological polar surface area (TPSA) is 32.3 Å². The lowest BCUT2D eigenvalue weighted by Crippen LogP contribution is -2.30. The third kappa shape index (κ3) is 4.25. The molecule has 5 rings (SSSR count). The second-order valence-corrected chi connectivity index (χ2v) is 8.04. The van der Waals surface area contributed by atoms with Crippen molar-refractivity contribution in [3.05, 3.63) is 48.7 Å². The molecule has 0 aliphatic carbocycles. The lowest BCUT2D eigenvalue weighted by molar-refractivity contribution is 0.577. The molecular weight excluding hydrogens is 424 g/mol. The number of anilines is 2. The van der Waals surface area contributed by atoms with E-state index in [0.717, 1.165) is 30.0 Å². The molecule has 0 N–H and O–H groups in total. The molecule has 0 unspecified atom stereocenters. The Bertz CT molecular complexity index is 948. The maximum absolute atomic E-state index is 4.98. The molecule has 0 spiro atoms. The van der Waals surface area contributed by atoms with Crippen LogP contribution in [0.3, 0.4) is 0 Å². The van der Waals surface area contributed by atoms with Crippen LogP contribution in [0.1, 0.15) is 38.5 Å². The van der Waals surface area contributed by atoms with E-state index in [9.17, 15) is 0 Å². The number of hydrogen-bond acceptors (Lipinski definition) is 4. The van der Waals surface area contributed by atoms with Crippen LogP contribution in [0.25, 0.3) is 22.3 Å². The van der Waals surface area contributed by atoms with Gasteiger partial charge in [-0.15, -0.1) is 17.0 Å². The third-order valence-electron chi connectivity index (χ3n) is 6.12. The Morgan fingerprint density at radius 1 is 0.690 bits per heavy atom. The van der Waals surface area contributed by atoms with Gasteiger partial charge in [-0.3, -0.25) is 4.98 Å². The zero-order valence-electron chi connectivity index (χ0n) is 16.9. The smallest absolute Gasteiger partial charge is 0.0914 e. The molecule has 2 aliphatic heterocycles. The largest absolute Gasteiger partial charge is 0.372 e. The molecule has 0 saturated carbocycles. The van der Waals surface area contributed by atoms with Gasteiger partial charge in [-0.1, -0.05) is 6.07 Å². The van der Waals surface area contributed by atoms with Gasteiger partial charge in [0.05, 0.1) is 16.9 Å². The second kappa shape index (κ2) is 9.12. The van der Waals surface area contributed by atoms with Gasteiger partial charge < -0.3 is 9.80 Å². The summed E-state index contributed by atoms with van der Waals surface area (Å²) in [7, 11) is 0. The fourth-order valence-corrected chi connectivity index (χ4v) is 4.59. The summed E-state index contributed by atoms with van der Waals surface area (Å²) in [6, 6.07) is 15.1. The zero-order valence-corrected chi connectivity index (χ0v) is 18.6. The van der Waals surface area contributed by atoms with E-state index in [1.165, 1.54) is 68.4 Å². The number of fused-ring (bicyclic) bond motifs is 1. The first-order valence-electron chi connectivity index (χ1n) is 10.7. The van der Waals surface area contributed by atoms with Crippen molar-refractivity contribution in [3.8, 4) is 11.4 Å². The van der Waals surface area contributed by atoms with Gasteiger partial charge in [-0.25, -0.2) is 4.98 Å². The van der Waals surface area contributed by atoms with E-state index in [2.05, 4.69) is 45.1 Å². The summed E-state index contributed by atoms with van der Waals surface area (Å²) in [6.07, 6.45) is 9.69. The van der Waals surface area contributed by atoms with Crippen molar-refractivity contribution in [1.82, 2.24) is 9.97 Å². The molecule has 2 fully saturated rings. The summed E-state index contributed by atoms with van der Waals surface area (Å²) in [6.45, 7) is 4.61. The van der Waals surface area contributed by atoms with Crippen LogP contribution in [-0.4, -0.2) is 36.1 Å². The van der Waals surface area contributed by atoms with Crippen molar-refractivity contribution in [2.75, 3.05) is 36.0 Å². The first-order valence-corrected chi connectivity index (χ1v) is 10.7.